The van der Waals surface area contributed by atoms with Gasteiger partial charge in [-0.2, -0.15) is 0 Å². The number of aryl methyl sites for hydroxylation is 1. The summed E-state index contributed by atoms with van der Waals surface area (Å²) in [6, 6.07) is 12.5. The van der Waals surface area contributed by atoms with Crippen LogP contribution in [0.25, 0.3) is 17.2 Å². The highest BCUT2D eigenvalue weighted by atomic mass is 16.3. The molecule has 5 atom stereocenters. The summed E-state index contributed by atoms with van der Waals surface area (Å²) >= 11 is 0. The minimum Gasteiger partial charge on any atom is -0.508 e. The minimum absolute atomic E-state index is 0.125. The second-order valence-electron chi connectivity index (χ2n) is 9.86. The quantitative estimate of drug-likeness (QED) is 0.633. The number of phenols is 1. The number of allylic oxidation sites excluding steroid dienone is 1. The number of hydrogen-bond donors (Lipinski definition) is 2. The summed E-state index contributed by atoms with van der Waals surface area (Å²) in [5.74, 6) is 2.19. The normalized spacial score (nSPS) is 33.3. The molecule has 2 aromatic rings. The van der Waals surface area contributed by atoms with Crippen molar-refractivity contribution in [1.29, 1.82) is 0 Å². The molecule has 2 fully saturated rings. The van der Waals surface area contributed by atoms with Gasteiger partial charge in [-0.05, 0) is 109 Å². The maximum atomic E-state index is 10.5. The number of aromatic hydroxyl groups is 1. The molecule has 152 valence electrons. The van der Waals surface area contributed by atoms with Crippen molar-refractivity contribution in [2.24, 2.45) is 17.3 Å². The summed E-state index contributed by atoms with van der Waals surface area (Å²) in [6.45, 7) is 4.47. The van der Waals surface area contributed by atoms with Crippen LogP contribution in [-0.4, -0.2) is 16.3 Å². The number of aliphatic hydroxyl groups is 1. The van der Waals surface area contributed by atoms with Crippen molar-refractivity contribution in [3.63, 3.8) is 0 Å². The summed E-state index contributed by atoms with van der Waals surface area (Å²) in [6.07, 6.45) is 10.7. The molecule has 3 aliphatic carbocycles. The summed E-state index contributed by atoms with van der Waals surface area (Å²) < 4.78 is 0. The number of benzene rings is 2. The van der Waals surface area contributed by atoms with Crippen molar-refractivity contribution in [3.05, 3.63) is 59.2 Å². The number of hydrogen-bond acceptors (Lipinski definition) is 2. The average molecular weight is 389 g/mol. The smallest absolute Gasteiger partial charge is 0.116 e. The predicted octanol–water partition coefficient (Wildman–Crippen LogP) is 6.31. The molecule has 0 bridgehead atoms. The van der Waals surface area contributed by atoms with E-state index in [9.17, 15) is 10.2 Å². The summed E-state index contributed by atoms with van der Waals surface area (Å²) in [7, 11) is 0. The molecule has 0 heterocycles. The molecule has 0 spiro atoms. The molecule has 2 N–H and O–H groups in total. The van der Waals surface area contributed by atoms with E-state index in [4.69, 9.17) is 0 Å². The summed E-state index contributed by atoms with van der Waals surface area (Å²) in [4.78, 5) is 0. The number of aliphatic hydroxyl groups excluding tert-OH is 1. The number of rotatable bonds is 2. The van der Waals surface area contributed by atoms with Gasteiger partial charge >= 0.3 is 0 Å². The van der Waals surface area contributed by atoms with Crippen LogP contribution >= 0.6 is 0 Å². The third-order valence-corrected chi connectivity index (χ3v) is 8.15. The second-order valence-corrected chi connectivity index (χ2v) is 9.86. The predicted molar refractivity (Wildman–Crippen MR) is 119 cm³/mol. The van der Waals surface area contributed by atoms with Crippen molar-refractivity contribution in [2.45, 2.75) is 64.4 Å². The van der Waals surface area contributed by atoms with Gasteiger partial charge in [0.15, 0.2) is 0 Å². The van der Waals surface area contributed by atoms with E-state index in [0.717, 1.165) is 19.3 Å². The van der Waals surface area contributed by atoms with Crippen LogP contribution in [0, 0.1) is 17.3 Å². The van der Waals surface area contributed by atoms with Crippen LogP contribution in [0.3, 0.4) is 0 Å². The lowest BCUT2D eigenvalue weighted by molar-refractivity contribution is 0.0597. The molecule has 0 aromatic heterocycles. The zero-order valence-corrected chi connectivity index (χ0v) is 17.6. The largest absolute Gasteiger partial charge is 0.508 e. The van der Waals surface area contributed by atoms with Crippen LogP contribution in [0.2, 0.25) is 0 Å². The first-order valence-corrected chi connectivity index (χ1v) is 11.3. The molecule has 0 unspecified atom stereocenters. The molecule has 2 nitrogen and oxygen atoms in total. The van der Waals surface area contributed by atoms with Crippen LogP contribution in [0.1, 0.15) is 68.6 Å². The molecule has 0 amide bonds. The Hall–Kier alpha value is -2.06. The van der Waals surface area contributed by atoms with Gasteiger partial charge in [-0.25, -0.2) is 0 Å². The Labute approximate surface area is 174 Å². The van der Waals surface area contributed by atoms with Crippen LogP contribution in [0.4, 0.5) is 0 Å². The van der Waals surface area contributed by atoms with Gasteiger partial charge in [0.1, 0.15) is 5.75 Å². The maximum Gasteiger partial charge on any atom is 0.116 e. The van der Waals surface area contributed by atoms with E-state index < -0.39 is 0 Å². The van der Waals surface area contributed by atoms with E-state index in [1.54, 1.807) is 0 Å². The fraction of sp³-hybridized carbons (Fsp3) is 0.481. The van der Waals surface area contributed by atoms with Gasteiger partial charge in [-0.15, -0.1) is 0 Å². The molecule has 2 aromatic carbocycles. The Bertz CT molecular complexity index is 959. The van der Waals surface area contributed by atoms with Gasteiger partial charge in [0, 0.05) is 0 Å². The molecule has 29 heavy (non-hydrogen) atoms. The van der Waals surface area contributed by atoms with Gasteiger partial charge in [-0.3, -0.25) is 0 Å². The van der Waals surface area contributed by atoms with E-state index in [0.29, 0.717) is 28.9 Å². The zero-order chi connectivity index (χ0) is 20.2. The second kappa shape index (κ2) is 7.02. The molecular weight excluding hydrogens is 356 g/mol. The number of fused-ring (bicyclic) bond motifs is 5. The van der Waals surface area contributed by atoms with Crippen molar-refractivity contribution in [3.8, 4) is 16.9 Å². The third-order valence-electron chi connectivity index (χ3n) is 8.15. The highest BCUT2D eigenvalue weighted by Crippen LogP contribution is 2.62. The lowest BCUT2D eigenvalue weighted by Crippen LogP contribution is -2.39. The Morgan fingerprint density at radius 1 is 1.10 bits per heavy atom. The Morgan fingerprint density at radius 2 is 1.93 bits per heavy atom. The van der Waals surface area contributed by atoms with Gasteiger partial charge in [0.25, 0.3) is 0 Å². The Kier molecular flexibility index (Phi) is 4.58. The van der Waals surface area contributed by atoms with E-state index in [-0.39, 0.29) is 6.10 Å². The van der Waals surface area contributed by atoms with E-state index in [2.05, 4.69) is 50.3 Å². The lowest BCUT2D eigenvalue weighted by atomic mass is 9.55. The Balaban J connectivity index is 1.65. The van der Waals surface area contributed by atoms with Gasteiger partial charge in [0.2, 0.25) is 0 Å². The van der Waals surface area contributed by atoms with Gasteiger partial charge in [-0.1, -0.05) is 43.3 Å². The van der Waals surface area contributed by atoms with Crippen molar-refractivity contribution in [2.75, 3.05) is 0 Å². The van der Waals surface area contributed by atoms with E-state index in [1.165, 1.54) is 47.1 Å². The van der Waals surface area contributed by atoms with E-state index >= 15 is 0 Å². The van der Waals surface area contributed by atoms with Crippen LogP contribution in [0.15, 0.2) is 42.5 Å². The average Bonchev–Trinajstić information content (AvgIpc) is 3.02. The fourth-order valence-corrected chi connectivity index (χ4v) is 7.02. The molecule has 2 heteroatoms. The van der Waals surface area contributed by atoms with Crippen molar-refractivity contribution in [1.82, 2.24) is 0 Å². The Morgan fingerprint density at radius 3 is 2.76 bits per heavy atom. The highest BCUT2D eigenvalue weighted by Gasteiger charge is 2.53. The van der Waals surface area contributed by atoms with Crippen molar-refractivity contribution < 1.29 is 10.2 Å². The maximum absolute atomic E-state index is 10.5. The lowest BCUT2D eigenvalue weighted by Gasteiger charge is -2.49. The topological polar surface area (TPSA) is 40.5 Å². The summed E-state index contributed by atoms with van der Waals surface area (Å²) in [5, 5.41) is 21.0. The standard InChI is InChI=1S/C27H32O2/c1-3-6-17-7-4-5-8-21(17)24-14-19(28)13-18-9-10-22-23(26(18)24)11-12-27(2)16-20(29)15-25(22)27/h3-8,13-14,20,22-23,25,28-29H,9-12,15-16H2,1-2H3/b6-3-/t20-,22-,23+,25+,27-/m1/s1. The van der Waals surface area contributed by atoms with Crippen molar-refractivity contribution >= 4 is 6.08 Å². The molecule has 0 aliphatic heterocycles. The SMILES string of the molecule is C/C=C\c1ccccc1-c1cc(O)cc2c1[C@H]1CC[C@]3(C)C[C@H](O)C[C@H]3[C@@H]1CC2. The summed E-state index contributed by atoms with van der Waals surface area (Å²) in [5.41, 5.74) is 6.75. The minimum atomic E-state index is -0.125. The van der Waals surface area contributed by atoms with Gasteiger partial charge < -0.3 is 10.2 Å². The monoisotopic (exact) mass is 388 g/mol. The molecular formula is C27H32O2. The molecule has 0 radical (unpaired) electrons. The first kappa shape index (κ1) is 18.9. The third kappa shape index (κ3) is 3.04. The fourth-order valence-electron chi connectivity index (χ4n) is 7.02. The van der Waals surface area contributed by atoms with Crippen LogP contribution in [0.5, 0.6) is 5.75 Å². The first-order valence-electron chi connectivity index (χ1n) is 11.3. The van der Waals surface area contributed by atoms with Crippen LogP contribution < -0.4 is 0 Å². The molecule has 0 saturated heterocycles. The first-order chi connectivity index (χ1) is 14.0. The zero-order valence-electron chi connectivity index (χ0n) is 17.6. The molecule has 3 aliphatic rings. The molecule has 5 rings (SSSR count). The highest BCUT2D eigenvalue weighted by molar-refractivity contribution is 5.79. The van der Waals surface area contributed by atoms with Crippen LogP contribution in [-0.2, 0) is 6.42 Å². The number of phenolic OH excluding ortho intramolecular Hbond substituents is 1. The molecule has 2 saturated carbocycles. The van der Waals surface area contributed by atoms with Gasteiger partial charge in [0.05, 0.1) is 6.10 Å². The van der Waals surface area contributed by atoms with E-state index in [1.807, 2.05) is 12.1 Å².